The monoisotopic (exact) mass is 261 g/mol. The number of imidazole rings is 1. The van der Waals surface area contributed by atoms with Crippen molar-refractivity contribution >= 4 is 16.5 Å². The molecule has 7 nitrogen and oxygen atoms in total. The lowest BCUT2D eigenvalue weighted by Gasteiger charge is -2.12. The molecule has 1 heterocycles. The van der Waals surface area contributed by atoms with Crippen LogP contribution in [0.25, 0.3) is 0 Å². The van der Waals surface area contributed by atoms with Gasteiger partial charge in [-0.2, -0.15) is 8.42 Å². The van der Waals surface area contributed by atoms with Gasteiger partial charge in [-0.3, -0.25) is 9.35 Å². The molecule has 0 spiro atoms. The van der Waals surface area contributed by atoms with Crippen LogP contribution in [0.3, 0.4) is 0 Å². The van der Waals surface area contributed by atoms with E-state index in [1.165, 1.54) is 0 Å². The number of aromatic nitrogens is 2. The van der Waals surface area contributed by atoms with Crippen molar-refractivity contribution in [2.45, 2.75) is 25.3 Å². The van der Waals surface area contributed by atoms with Crippen LogP contribution in [-0.2, 0) is 14.9 Å². The molecule has 8 heteroatoms. The second-order valence-electron chi connectivity index (χ2n) is 3.59. The van der Waals surface area contributed by atoms with Gasteiger partial charge in [0.25, 0.3) is 10.1 Å². The second-order valence-corrected chi connectivity index (χ2v) is 5.17. The van der Waals surface area contributed by atoms with E-state index >= 15 is 0 Å². The number of amides is 1. The number of unbranched alkanes of at least 4 members (excludes halogenated alkanes) is 1. The molecule has 0 saturated carbocycles. The van der Waals surface area contributed by atoms with E-state index in [9.17, 15) is 13.2 Å². The molecule has 0 radical (unpaired) electrons. The summed E-state index contributed by atoms with van der Waals surface area (Å²) >= 11 is 0. The molecule has 96 valence electrons. The molecule has 0 aromatic carbocycles. The number of nitrogens with one attached hydrogen (secondary N) is 2. The Bertz CT molecular complexity index is 429. The van der Waals surface area contributed by atoms with E-state index in [2.05, 4.69) is 15.3 Å². The third-order valence-corrected chi connectivity index (χ3v) is 3.07. The Hall–Kier alpha value is -1.41. The fourth-order valence-electron chi connectivity index (χ4n) is 1.48. The highest BCUT2D eigenvalue weighted by Gasteiger charge is 2.13. The minimum absolute atomic E-state index is 0.260. The van der Waals surface area contributed by atoms with E-state index in [4.69, 9.17) is 4.55 Å². The molecule has 1 aromatic rings. The highest BCUT2D eigenvalue weighted by molar-refractivity contribution is 7.85. The molecule has 0 aliphatic carbocycles. The zero-order valence-electron chi connectivity index (χ0n) is 9.17. The molecule has 1 aromatic heterocycles. The second kappa shape index (κ2) is 6.36. The number of rotatable bonds is 8. The predicted octanol–water partition coefficient (Wildman–Crippen LogP) is 0.255. The molecule has 1 atom stereocenters. The maximum absolute atomic E-state index is 10.5. The largest absolute Gasteiger partial charge is 0.349 e. The van der Waals surface area contributed by atoms with E-state index < -0.39 is 10.1 Å². The Morgan fingerprint density at radius 2 is 2.29 bits per heavy atom. The van der Waals surface area contributed by atoms with Crippen molar-refractivity contribution in [3.05, 3.63) is 18.2 Å². The standard InChI is InChI=1S/C9H15N3O4S/c13-7-12-8(9-10-4-5-11-9)3-1-2-6-17(14,15)16/h4-5,7-8H,1-3,6H2,(H,10,11)(H,12,13)(H,14,15,16). The average molecular weight is 261 g/mol. The zero-order chi connectivity index (χ0) is 12.7. The number of aromatic amines is 1. The molecule has 0 bridgehead atoms. The lowest BCUT2D eigenvalue weighted by atomic mass is 10.1. The smallest absolute Gasteiger partial charge is 0.264 e. The van der Waals surface area contributed by atoms with Gasteiger partial charge in [0, 0.05) is 12.4 Å². The van der Waals surface area contributed by atoms with Crippen molar-refractivity contribution in [2.75, 3.05) is 5.75 Å². The minimum atomic E-state index is -3.90. The summed E-state index contributed by atoms with van der Waals surface area (Å²) in [5.41, 5.74) is 0. The molecule has 1 amide bonds. The van der Waals surface area contributed by atoms with Gasteiger partial charge >= 0.3 is 0 Å². The highest BCUT2D eigenvalue weighted by Crippen LogP contribution is 2.15. The zero-order valence-corrected chi connectivity index (χ0v) is 9.98. The molecule has 0 fully saturated rings. The van der Waals surface area contributed by atoms with E-state index in [1.807, 2.05) is 0 Å². The number of H-pyrrole nitrogens is 1. The number of carbonyl (C=O) groups is 1. The topological polar surface area (TPSA) is 112 Å². The van der Waals surface area contributed by atoms with Gasteiger partial charge in [0.05, 0.1) is 11.8 Å². The van der Waals surface area contributed by atoms with Crippen molar-refractivity contribution in [2.24, 2.45) is 0 Å². The SMILES string of the molecule is O=CNC(CCCCS(=O)(=O)O)c1ncc[nH]1. The van der Waals surface area contributed by atoms with Crippen LogP contribution in [0.5, 0.6) is 0 Å². The van der Waals surface area contributed by atoms with E-state index in [0.29, 0.717) is 31.5 Å². The van der Waals surface area contributed by atoms with E-state index in [-0.39, 0.29) is 11.8 Å². The van der Waals surface area contributed by atoms with Gasteiger partial charge in [-0.25, -0.2) is 4.98 Å². The van der Waals surface area contributed by atoms with Gasteiger partial charge in [-0.15, -0.1) is 0 Å². The first-order valence-electron chi connectivity index (χ1n) is 5.17. The van der Waals surface area contributed by atoms with Gasteiger partial charge in [0.2, 0.25) is 6.41 Å². The van der Waals surface area contributed by atoms with Crippen LogP contribution >= 0.6 is 0 Å². The quantitative estimate of drug-likeness (QED) is 0.353. The van der Waals surface area contributed by atoms with Gasteiger partial charge < -0.3 is 10.3 Å². The van der Waals surface area contributed by atoms with Crippen molar-refractivity contribution in [1.82, 2.24) is 15.3 Å². The molecular weight excluding hydrogens is 246 g/mol. The molecule has 1 rings (SSSR count). The number of hydrogen-bond acceptors (Lipinski definition) is 4. The van der Waals surface area contributed by atoms with Crippen LogP contribution < -0.4 is 5.32 Å². The Kier molecular flexibility index (Phi) is 5.11. The summed E-state index contributed by atoms with van der Waals surface area (Å²) in [6.07, 6.45) is 5.26. The predicted molar refractivity (Wildman–Crippen MR) is 60.8 cm³/mol. The van der Waals surface area contributed by atoms with Gasteiger partial charge in [0.1, 0.15) is 5.82 Å². The number of carbonyl (C=O) groups excluding carboxylic acids is 1. The summed E-state index contributed by atoms with van der Waals surface area (Å²) in [4.78, 5) is 17.3. The lowest BCUT2D eigenvalue weighted by Crippen LogP contribution is -2.21. The summed E-state index contributed by atoms with van der Waals surface area (Å²) in [5, 5.41) is 2.60. The van der Waals surface area contributed by atoms with Crippen LogP contribution in [0, 0.1) is 0 Å². The summed E-state index contributed by atoms with van der Waals surface area (Å²) < 4.78 is 29.5. The molecule has 0 aliphatic heterocycles. The van der Waals surface area contributed by atoms with Crippen molar-refractivity contribution in [1.29, 1.82) is 0 Å². The number of hydrogen-bond donors (Lipinski definition) is 3. The normalized spacial score (nSPS) is 13.2. The fourth-order valence-corrected chi connectivity index (χ4v) is 2.05. The van der Waals surface area contributed by atoms with Crippen molar-refractivity contribution in [3.8, 4) is 0 Å². The molecule has 3 N–H and O–H groups in total. The first-order chi connectivity index (χ1) is 8.03. The van der Waals surface area contributed by atoms with E-state index in [0.717, 1.165) is 0 Å². The summed E-state index contributed by atoms with van der Waals surface area (Å²) in [5.74, 6) is 0.364. The third kappa shape index (κ3) is 5.45. The molecule has 17 heavy (non-hydrogen) atoms. The Balaban J connectivity index is 2.38. The first-order valence-corrected chi connectivity index (χ1v) is 6.78. The van der Waals surface area contributed by atoms with E-state index in [1.54, 1.807) is 12.4 Å². The minimum Gasteiger partial charge on any atom is -0.349 e. The third-order valence-electron chi connectivity index (χ3n) is 2.26. The van der Waals surface area contributed by atoms with Crippen LogP contribution in [-0.4, -0.2) is 35.1 Å². The van der Waals surface area contributed by atoms with Crippen molar-refractivity contribution < 1.29 is 17.8 Å². The summed E-state index contributed by atoms with van der Waals surface area (Å²) in [6.45, 7) is 0. The maximum atomic E-state index is 10.5. The molecule has 0 saturated heterocycles. The van der Waals surface area contributed by atoms with Gasteiger partial charge in [0.15, 0.2) is 0 Å². The first kappa shape index (κ1) is 13.7. The van der Waals surface area contributed by atoms with Crippen LogP contribution in [0.15, 0.2) is 12.4 Å². The maximum Gasteiger partial charge on any atom is 0.264 e. The van der Waals surface area contributed by atoms with Crippen LogP contribution in [0.4, 0.5) is 0 Å². The summed E-state index contributed by atoms with van der Waals surface area (Å²) in [7, 11) is -3.90. The fraction of sp³-hybridized carbons (Fsp3) is 0.556. The highest BCUT2D eigenvalue weighted by atomic mass is 32.2. The van der Waals surface area contributed by atoms with Crippen molar-refractivity contribution in [3.63, 3.8) is 0 Å². The Morgan fingerprint density at radius 3 is 2.82 bits per heavy atom. The Labute approximate surface area is 99.4 Å². The summed E-state index contributed by atoms with van der Waals surface area (Å²) in [6, 6.07) is -0.260. The average Bonchev–Trinajstić information content (AvgIpc) is 2.74. The molecule has 1 unspecified atom stereocenters. The van der Waals surface area contributed by atoms with Crippen LogP contribution in [0.1, 0.15) is 31.1 Å². The Morgan fingerprint density at radius 1 is 1.53 bits per heavy atom. The number of nitrogens with zero attached hydrogens (tertiary/aromatic N) is 1. The lowest BCUT2D eigenvalue weighted by molar-refractivity contribution is -0.110. The van der Waals surface area contributed by atoms with Gasteiger partial charge in [-0.05, 0) is 19.3 Å². The van der Waals surface area contributed by atoms with Crippen LogP contribution in [0.2, 0.25) is 0 Å². The van der Waals surface area contributed by atoms with Gasteiger partial charge in [-0.1, -0.05) is 0 Å². The molecular formula is C9H15N3O4S. The molecule has 0 aliphatic rings.